The van der Waals surface area contributed by atoms with Crippen LogP contribution in [0.1, 0.15) is 34.5 Å². The summed E-state index contributed by atoms with van der Waals surface area (Å²) in [5, 5.41) is 9.42. The Morgan fingerprint density at radius 2 is 1.71 bits per heavy atom. The van der Waals surface area contributed by atoms with E-state index in [0.29, 0.717) is 5.56 Å². The van der Waals surface area contributed by atoms with Crippen LogP contribution in [-0.2, 0) is 11.3 Å². The third-order valence-electron chi connectivity index (χ3n) is 3.16. The Labute approximate surface area is 123 Å². The molecule has 110 valence electrons. The van der Waals surface area contributed by atoms with E-state index in [1.807, 2.05) is 24.3 Å². The quantitative estimate of drug-likeness (QED) is 0.858. The van der Waals surface area contributed by atoms with Crippen molar-refractivity contribution < 1.29 is 19.4 Å². The molecule has 0 aliphatic rings. The molecule has 2 rings (SSSR count). The Morgan fingerprint density at radius 3 is 2.24 bits per heavy atom. The maximum Gasteiger partial charge on any atom is 0.338 e. The van der Waals surface area contributed by atoms with Gasteiger partial charge in [0.2, 0.25) is 0 Å². The molecule has 0 saturated carbocycles. The van der Waals surface area contributed by atoms with Gasteiger partial charge < -0.3 is 14.6 Å². The molecule has 21 heavy (non-hydrogen) atoms. The Morgan fingerprint density at radius 1 is 1.10 bits per heavy atom. The van der Waals surface area contributed by atoms with E-state index in [-0.39, 0.29) is 12.6 Å². The number of aliphatic hydroxyl groups excluding tert-OH is 1. The molecule has 0 saturated heterocycles. The zero-order chi connectivity index (χ0) is 15.2. The second-order valence-electron chi connectivity index (χ2n) is 4.72. The Kier molecular flexibility index (Phi) is 4.95. The van der Waals surface area contributed by atoms with Gasteiger partial charge in [-0.05, 0) is 42.3 Å². The van der Waals surface area contributed by atoms with Crippen LogP contribution in [0, 0.1) is 0 Å². The number of ether oxygens (including phenoxy) is 2. The van der Waals surface area contributed by atoms with Crippen molar-refractivity contribution in [2.75, 3.05) is 7.11 Å². The fourth-order valence-corrected chi connectivity index (χ4v) is 1.85. The lowest BCUT2D eigenvalue weighted by atomic mass is 10.1. The summed E-state index contributed by atoms with van der Waals surface area (Å²) in [6.45, 7) is 1.89. The summed E-state index contributed by atoms with van der Waals surface area (Å²) in [7, 11) is 1.60. The monoisotopic (exact) mass is 286 g/mol. The average molecular weight is 286 g/mol. The summed E-state index contributed by atoms with van der Waals surface area (Å²) in [5.74, 6) is 0.377. The predicted molar refractivity (Wildman–Crippen MR) is 79.2 cm³/mol. The fraction of sp³-hybridized carbons (Fsp3) is 0.235. The molecular weight excluding hydrogens is 268 g/mol. The predicted octanol–water partition coefficient (Wildman–Crippen LogP) is 3.11. The van der Waals surface area contributed by atoms with Gasteiger partial charge in [0.1, 0.15) is 12.4 Å². The smallest absolute Gasteiger partial charge is 0.338 e. The molecule has 0 aromatic heterocycles. The molecule has 0 amide bonds. The van der Waals surface area contributed by atoms with Crippen LogP contribution in [0.25, 0.3) is 0 Å². The zero-order valence-electron chi connectivity index (χ0n) is 12.1. The van der Waals surface area contributed by atoms with Crippen molar-refractivity contribution in [2.45, 2.75) is 19.6 Å². The van der Waals surface area contributed by atoms with Crippen LogP contribution in [0.4, 0.5) is 0 Å². The van der Waals surface area contributed by atoms with E-state index in [4.69, 9.17) is 9.47 Å². The van der Waals surface area contributed by atoms with Crippen LogP contribution in [0.3, 0.4) is 0 Å². The molecule has 0 fully saturated rings. The number of hydrogen-bond donors (Lipinski definition) is 1. The van der Waals surface area contributed by atoms with Crippen molar-refractivity contribution >= 4 is 5.97 Å². The Bertz CT molecular complexity index is 585. The fourth-order valence-electron chi connectivity index (χ4n) is 1.85. The standard InChI is InChI=1S/C17H18O4/c1-12(18)14-5-7-15(8-6-14)17(19)21-11-13-3-9-16(20-2)10-4-13/h3-10,12,18H,11H2,1-2H3. The van der Waals surface area contributed by atoms with Crippen LogP contribution < -0.4 is 4.74 Å². The number of hydrogen-bond acceptors (Lipinski definition) is 4. The first-order chi connectivity index (χ1) is 10.1. The van der Waals surface area contributed by atoms with Crippen molar-refractivity contribution in [3.05, 3.63) is 65.2 Å². The molecule has 4 heteroatoms. The first kappa shape index (κ1) is 15.1. The molecule has 4 nitrogen and oxygen atoms in total. The first-order valence-corrected chi connectivity index (χ1v) is 6.68. The van der Waals surface area contributed by atoms with Gasteiger partial charge in [0.05, 0.1) is 18.8 Å². The van der Waals surface area contributed by atoms with Gasteiger partial charge in [0.15, 0.2) is 0 Å². The van der Waals surface area contributed by atoms with E-state index in [0.717, 1.165) is 16.9 Å². The van der Waals surface area contributed by atoms with Gasteiger partial charge in [-0.3, -0.25) is 0 Å². The Hall–Kier alpha value is -2.33. The third kappa shape index (κ3) is 4.07. The molecule has 1 N–H and O–H groups in total. The maximum absolute atomic E-state index is 11.9. The maximum atomic E-state index is 11.9. The minimum Gasteiger partial charge on any atom is -0.497 e. The number of aliphatic hydroxyl groups is 1. The lowest BCUT2D eigenvalue weighted by molar-refractivity contribution is 0.0472. The number of carbonyl (C=O) groups excluding carboxylic acids is 1. The molecule has 1 unspecified atom stereocenters. The highest BCUT2D eigenvalue weighted by molar-refractivity contribution is 5.89. The summed E-state index contributed by atoms with van der Waals surface area (Å²) in [6, 6.07) is 14.1. The number of methoxy groups -OCH3 is 1. The molecule has 2 aromatic carbocycles. The second kappa shape index (κ2) is 6.90. The Balaban J connectivity index is 1.94. The normalized spacial score (nSPS) is 11.8. The van der Waals surface area contributed by atoms with E-state index in [9.17, 15) is 9.90 Å². The van der Waals surface area contributed by atoms with Crippen LogP contribution >= 0.6 is 0 Å². The molecule has 0 heterocycles. The highest BCUT2D eigenvalue weighted by Crippen LogP contribution is 2.15. The third-order valence-corrected chi connectivity index (χ3v) is 3.16. The average Bonchev–Trinajstić information content (AvgIpc) is 2.53. The summed E-state index contributed by atoms with van der Waals surface area (Å²) in [5.41, 5.74) is 2.12. The van der Waals surface area contributed by atoms with Gasteiger partial charge in [-0.25, -0.2) is 4.79 Å². The van der Waals surface area contributed by atoms with Gasteiger partial charge in [0.25, 0.3) is 0 Å². The van der Waals surface area contributed by atoms with Gasteiger partial charge in [-0.1, -0.05) is 24.3 Å². The van der Waals surface area contributed by atoms with E-state index in [1.165, 1.54) is 0 Å². The molecule has 2 aromatic rings. The minimum absolute atomic E-state index is 0.209. The van der Waals surface area contributed by atoms with Crippen LogP contribution in [0.15, 0.2) is 48.5 Å². The highest BCUT2D eigenvalue weighted by atomic mass is 16.5. The van der Waals surface area contributed by atoms with Gasteiger partial charge in [0, 0.05) is 0 Å². The number of carbonyl (C=O) groups is 1. The van der Waals surface area contributed by atoms with Crippen LogP contribution in [0.2, 0.25) is 0 Å². The van der Waals surface area contributed by atoms with Crippen molar-refractivity contribution in [3.63, 3.8) is 0 Å². The first-order valence-electron chi connectivity index (χ1n) is 6.68. The van der Waals surface area contributed by atoms with Crippen molar-refractivity contribution in [1.82, 2.24) is 0 Å². The SMILES string of the molecule is COc1ccc(COC(=O)c2ccc(C(C)O)cc2)cc1. The summed E-state index contributed by atoms with van der Waals surface area (Å²) >= 11 is 0. The number of esters is 1. The van der Waals surface area contributed by atoms with Crippen molar-refractivity contribution in [3.8, 4) is 5.75 Å². The second-order valence-corrected chi connectivity index (χ2v) is 4.72. The lowest BCUT2D eigenvalue weighted by Crippen LogP contribution is -2.05. The van der Waals surface area contributed by atoms with Crippen molar-refractivity contribution in [1.29, 1.82) is 0 Å². The number of benzene rings is 2. The molecule has 1 atom stereocenters. The van der Waals surface area contributed by atoms with Gasteiger partial charge in [-0.2, -0.15) is 0 Å². The van der Waals surface area contributed by atoms with Crippen LogP contribution in [0.5, 0.6) is 5.75 Å². The molecule has 0 aliphatic carbocycles. The molecule has 0 bridgehead atoms. The molecule has 0 spiro atoms. The zero-order valence-corrected chi connectivity index (χ0v) is 12.1. The van der Waals surface area contributed by atoms with Crippen molar-refractivity contribution in [2.24, 2.45) is 0 Å². The van der Waals surface area contributed by atoms with E-state index >= 15 is 0 Å². The molecular formula is C17H18O4. The van der Waals surface area contributed by atoms with E-state index < -0.39 is 6.10 Å². The summed E-state index contributed by atoms with van der Waals surface area (Å²) < 4.78 is 10.3. The summed E-state index contributed by atoms with van der Waals surface area (Å²) in [6.07, 6.45) is -0.547. The summed E-state index contributed by atoms with van der Waals surface area (Å²) in [4.78, 5) is 11.9. The van der Waals surface area contributed by atoms with Gasteiger partial charge in [-0.15, -0.1) is 0 Å². The largest absolute Gasteiger partial charge is 0.497 e. The number of rotatable bonds is 5. The highest BCUT2D eigenvalue weighted by Gasteiger charge is 2.08. The van der Waals surface area contributed by atoms with E-state index in [1.54, 1.807) is 38.3 Å². The topological polar surface area (TPSA) is 55.8 Å². The lowest BCUT2D eigenvalue weighted by Gasteiger charge is -2.08. The van der Waals surface area contributed by atoms with Gasteiger partial charge >= 0.3 is 5.97 Å². The van der Waals surface area contributed by atoms with E-state index in [2.05, 4.69) is 0 Å². The molecule has 0 radical (unpaired) electrons. The minimum atomic E-state index is -0.547. The van der Waals surface area contributed by atoms with Crippen LogP contribution in [-0.4, -0.2) is 18.2 Å². The molecule has 0 aliphatic heterocycles.